The van der Waals surface area contributed by atoms with Crippen LogP contribution in [-0.4, -0.2) is 36.5 Å². The maximum absolute atomic E-state index is 11.6. The SMILES string of the molecule is CC(O[Si](C)(C)C(C)(C)C)C(CCOc1ccccc1-c1cccs1)n1cnc(C(N)=O)c1. The third-order valence-corrected chi connectivity index (χ3v) is 11.9. The van der Waals surface area contributed by atoms with Gasteiger partial charge in [0.2, 0.25) is 0 Å². The molecule has 3 aromatic rings. The number of benzene rings is 1. The molecule has 3 rings (SSSR count). The van der Waals surface area contributed by atoms with E-state index < -0.39 is 14.2 Å². The van der Waals surface area contributed by atoms with E-state index in [0.717, 1.165) is 11.3 Å². The lowest BCUT2D eigenvalue weighted by Gasteiger charge is -2.40. The van der Waals surface area contributed by atoms with Gasteiger partial charge in [-0.25, -0.2) is 4.98 Å². The molecule has 0 bridgehead atoms. The standard InChI is InChI=1S/C25H35N3O3SSi/c1-18(31-33(5,6)25(2,3)4)21(28-16-20(24(26)29)27-17-28)13-14-30-22-11-8-7-10-19(22)23-12-9-15-32-23/h7-12,15-18,21H,13-14H2,1-6H3,(H2,26,29). The van der Waals surface area contributed by atoms with Gasteiger partial charge in [0.15, 0.2) is 8.32 Å². The Kier molecular flexibility index (Phi) is 7.82. The van der Waals surface area contributed by atoms with Gasteiger partial charge in [-0.05, 0) is 48.6 Å². The number of hydrogen-bond donors (Lipinski definition) is 1. The topological polar surface area (TPSA) is 79.4 Å². The highest BCUT2D eigenvalue weighted by molar-refractivity contribution is 7.13. The highest BCUT2D eigenvalue weighted by Gasteiger charge is 2.40. The van der Waals surface area contributed by atoms with Crippen LogP contribution < -0.4 is 10.5 Å². The first-order chi connectivity index (χ1) is 15.5. The Bertz CT molecular complexity index is 1060. The molecule has 0 saturated heterocycles. The zero-order valence-electron chi connectivity index (χ0n) is 20.4. The maximum Gasteiger partial charge on any atom is 0.268 e. The van der Waals surface area contributed by atoms with Crippen LogP contribution in [0.25, 0.3) is 10.4 Å². The molecule has 178 valence electrons. The molecule has 2 aromatic heterocycles. The highest BCUT2D eigenvalue weighted by Crippen LogP contribution is 2.39. The third kappa shape index (κ3) is 6.13. The number of rotatable bonds is 10. The molecule has 2 N–H and O–H groups in total. The quantitative estimate of drug-likeness (QED) is 0.350. The van der Waals surface area contributed by atoms with Gasteiger partial charge < -0.3 is 19.5 Å². The number of imidazole rings is 1. The summed E-state index contributed by atoms with van der Waals surface area (Å²) in [5, 5.41) is 2.16. The van der Waals surface area contributed by atoms with Crippen molar-refractivity contribution in [3.05, 3.63) is 60.0 Å². The monoisotopic (exact) mass is 485 g/mol. The fourth-order valence-electron chi connectivity index (χ4n) is 3.51. The zero-order valence-corrected chi connectivity index (χ0v) is 22.2. The van der Waals surface area contributed by atoms with Crippen LogP contribution in [0.3, 0.4) is 0 Å². The summed E-state index contributed by atoms with van der Waals surface area (Å²) in [5.41, 5.74) is 6.78. The van der Waals surface area contributed by atoms with E-state index in [1.54, 1.807) is 23.9 Å². The number of nitrogens with zero attached hydrogens (tertiary/aromatic N) is 2. The van der Waals surface area contributed by atoms with Crippen molar-refractivity contribution in [2.45, 2.75) is 64.4 Å². The predicted molar refractivity (Wildman–Crippen MR) is 137 cm³/mol. The van der Waals surface area contributed by atoms with Crippen molar-refractivity contribution < 1.29 is 14.0 Å². The summed E-state index contributed by atoms with van der Waals surface area (Å²) in [6.45, 7) is 13.8. The van der Waals surface area contributed by atoms with Crippen LogP contribution >= 0.6 is 11.3 Å². The van der Waals surface area contributed by atoms with E-state index in [1.165, 1.54) is 4.88 Å². The van der Waals surface area contributed by atoms with Crippen molar-refractivity contribution in [2.75, 3.05) is 6.61 Å². The van der Waals surface area contributed by atoms with Crippen molar-refractivity contribution in [1.29, 1.82) is 0 Å². The van der Waals surface area contributed by atoms with Gasteiger partial charge in [-0.1, -0.05) is 39.0 Å². The number of carbonyl (C=O) groups is 1. The Labute approximate surface area is 201 Å². The van der Waals surface area contributed by atoms with Crippen molar-refractivity contribution in [1.82, 2.24) is 9.55 Å². The smallest absolute Gasteiger partial charge is 0.268 e. The molecule has 2 heterocycles. The third-order valence-electron chi connectivity index (χ3n) is 6.41. The summed E-state index contributed by atoms with van der Waals surface area (Å²) >= 11 is 1.69. The van der Waals surface area contributed by atoms with Gasteiger partial charge in [0.25, 0.3) is 5.91 Å². The molecule has 0 fully saturated rings. The van der Waals surface area contributed by atoms with E-state index in [0.29, 0.717) is 13.0 Å². The lowest BCUT2D eigenvalue weighted by atomic mass is 10.1. The molecule has 2 atom stereocenters. The minimum absolute atomic E-state index is 0.0476. The van der Waals surface area contributed by atoms with E-state index in [-0.39, 0.29) is 22.9 Å². The lowest BCUT2D eigenvalue weighted by Crippen LogP contribution is -2.45. The van der Waals surface area contributed by atoms with Gasteiger partial charge in [0, 0.05) is 23.1 Å². The second-order valence-corrected chi connectivity index (χ2v) is 15.5. The predicted octanol–water partition coefficient (Wildman–Crippen LogP) is 6.13. The van der Waals surface area contributed by atoms with Gasteiger partial charge in [-0.15, -0.1) is 11.3 Å². The summed E-state index contributed by atoms with van der Waals surface area (Å²) < 4.78 is 14.9. The van der Waals surface area contributed by atoms with Crippen LogP contribution in [-0.2, 0) is 4.43 Å². The lowest BCUT2D eigenvalue weighted by molar-refractivity contribution is 0.0994. The summed E-state index contributed by atoms with van der Waals surface area (Å²) in [5.74, 6) is 0.326. The van der Waals surface area contributed by atoms with Crippen LogP contribution in [0.5, 0.6) is 5.75 Å². The first-order valence-electron chi connectivity index (χ1n) is 11.3. The molecule has 0 aliphatic heterocycles. The number of hydrogen-bond acceptors (Lipinski definition) is 5. The molecular weight excluding hydrogens is 450 g/mol. The van der Waals surface area contributed by atoms with Crippen LogP contribution in [0.15, 0.2) is 54.3 Å². The first kappa shape index (κ1) is 25.2. The molecule has 0 aliphatic rings. The van der Waals surface area contributed by atoms with Gasteiger partial charge in [0.1, 0.15) is 11.4 Å². The Balaban J connectivity index is 1.78. The maximum atomic E-state index is 11.6. The largest absolute Gasteiger partial charge is 0.493 e. The Morgan fingerprint density at radius 3 is 2.55 bits per heavy atom. The molecule has 0 spiro atoms. The second-order valence-electron chi connectivity index (χ2n) is 9.83. The number of ether oxygens (including phenoxy) is 1. The van der Waals surface area contributed by atoms with E-state index in [2.05, 4.69) is 63.3 Å². The van der Waals surface area contributed by atoms with Crippen molar-refractivity contribution in [3.8, 4) is 16.2 Å². The number of amides is 1. The van der Waals surface area contributed by atoms with Crippen LogP contribution in [0.2, 0.25) is 18.1 Å². The molecule has 0 radical (unpaired) electrons. The number of aromatic nitrogens is 2. The molecule has 1 aromatic carbocycles. The van der Waals surface area contributed by atoms with E-state index >= 15 is 0 Å². The van der Waals surface area contributed by atoms with Crippen LogP contribution in [0.4, 0.5) is 0 Å². The summed E-state index contributed by atoms with van der Waals surface area (Å²) in [4.78, 5) is 17.0. The first-order valence-corrected chi connectivity index (χ1v) is 15.0. The molecule has 33 heavy (non-hydrogen) atoms. The summed E-state index contributed by atoms with van der Waals surface area (Å²) in [6, 6.07) is 12.2. The van der Waals surface area contributed by atoms with Crippen molar-refractivity contribution in [2.24, 2.45) is 5.73 Å². The Morgan fingerprint density at radius 2 is 1.94 bits per heavy atom. The highest BCUT2D eigenvalue weighted by atomic mass is 32.1. The van der Waals surface area contributed by atoms with E-state index in [9.17, 15) is 4.79 Å². The van der Waals surface area contributed by atoms with Crippen molar-refractivity contribution >= 4 is 25.6 Å². The molecule has 8 heteroatoms. The molecule has 1 amide bonds. The zero-order chi connectivity index (χ0) is 24.2. The van der Waals surface area contributed by atoms with Gasteiger partial charge in [-0.3, -0.25) is 4.79 Å². The molecule has 0 aliphatic carbocycles. The summed E-state index contributed by atoms with van der Waals surface area (Å²) in [7, 11) is -1.99. The average molecular weight is 486 g/mol. The fourth-order valence-corrected chi connectivity index (χ4v) is 5.71. The Hall–Kier alpha value is -2.42. The number of primary amides is 1. The molecule has 0 saturated carbocycles. The number of carbonyl (C=O) groups excluding carboxylic acids is 1. The van der Waals surface area contributed by atoms with Crippen LogP contribution in [0, 0.1) is 0 Å². The molecule has 2 unspecified atom stereocenters. The van der Waals surface area contributed by atoms with E-state index in [4.69, 9.17) is 14.9 Å². The minimum Gasteiger partial charge on any atom is -0.493 e. The van der Waals surface area contributed by atoms with Gasteiger partial charge in [-0.2, -0.15) is 0 Å². The van der Waals surface area contributed by atoms with Gasteiger partial charge >= 0.3 is 0 Å². The Morgan fingerprint density at radius 1 is 1.21 bits per heavy atom. The fraction of sp³-hybridized carbons (Fsp3) is 0.440. The average Bonchev–Trinajstić information content (AvgIpc) is 3.42. The number of nitrogens with two attached hydrogens (primary N) is 1. The minimum atomic E-state index is -1.99. The normalized spacial score (nSPS) is 14.1. The van der Waals surface area contributed by atoms with Crippen LogP contribution in [0.1, 0.15) is 50.6 Å². The van der Waals surface area contributed by atoms with E-state index in [1.807, 2.05) is 28.8 Å². The summed E-state index contributed by atoms with van der Waals surface area (Å²) in [6.07, 6.45) is 3.98. The number of thiophene rings is 1. The van der Waals surface area contributed by atoms with Crippen molar-refractivity contribution in [3.63, 3.8) is 0 Å². The molecular formula is C25H35N3O3SSi. The number of para-hydroxylation sites is 1. The second kappa shape index (κ2) is 10.2. The molecule has 6 nitrogen and oxygen atoms in total. The van der Waals surface area contributed by atoms with Gasteiger partial charge in [0.05, 0.1) is 25.1 Å².